The normalized spacial score (nSPS) is 11.1. The number of nitrogens with zero attached hydrogens (tertiary/aromatic N) is 2. The lowest BCUT2D eigenvalue weighted by atomic mass is 10.1. The van der Waals surface area contributed by atoms with E-state index in [1.807, 2.05) is 64.0 Å². The lowest BCUT2D eigenvalue weighted by Crippen LogP contribution is -2.23. The van der Waals surface area contributed by atoms with Gasteiger partial charge in [0.1, 0.15) is 5.60 Å². The van der Waals surface area contributed by atoms with E-state index in [0.717, 1.165) is 16.9 Å². The van der Waals surface area contributed by atoms with Crippen LogP contribution in [-0.4, -0.2) is 30.6 Å². The summed E-state index contributed by atoms with van der Waals surface area (Å²) < 4.78 is 5.40. The maximum Gasteiger partial charge on any atom is 0.338 e. The molecule has 116 valence electrons. The minimum absolute atomic E-state index is 0.333. The van der Waals surface area contributed by atoms with Crippen molar-refractivity contribution >= 4 is 11.7 Å². The topological polar surface area (TPSA) is 42.4 Å². The molecule has 0 spiro atoms. The zero-order chi connectivity index (χ0) is 16.3. The van der Waals surface area contributed by atoms with Crippen LogP contribution in [0.25, 0.3) is 11.3 Å². The van der Waals surface area contributed by atoms with Crippen molar-refractivity contribution in [2.75, 3.05) is 19.0 Å². The monoisotopic (exact) mass is 298 g/mol. The summed E-state index contributed by atoms with van der Waals surface area (Å²) in [6.45, 7) is 5.56. The third-order valence-electron chi connectivity index (χ3n) is 3.05. The van der Waals surface area contributed by atoms with E-state index in [2.05, 4.69) is 4.98 Å². The predicted octanol–water partition coefficient (Wildman–Crippen LogP) is 3.77. The van der Waals surface area contributed by atoms with E-state index < -0.39 is 5.60 Å². The van der Waals surface area contributed by atoms with Gasteiger partial charge in [-0.15, -0.1) is 0 Å². The quantitative estimate of drug-likeness (QED) is 0.809. The minimum Gasteiger partial charge on any atom is -0.456 e. The van der Waals surface area contributed by atoms with Gasteiger partial charge in [0.2, 0.25) is 0 Å². The van der Waals surface area contributed by atoms with Gasteiger partial charge in [0.05, 0.1) is 11.3 Å². The van der Waals surface area contributed by atoms with Crippen molar-refractivity contribution in [2.45, 2.75) is 26.4 Å². The van der Waals surface area contributed by atoms with Crippen LogP contribution in [-0.2, 0) is 4.74 Å². The Morgan fingerprint density at radius 1 is 1.14 bits per heavy atom. The first-order chi connectivity index (χ1) is 10.3. The number of ether oxygens (including phenoxy) is 1. The van der Waals surface area contributed by atoms with Crippen LogP contribution >= 0.6 is 0 Å². The first-order valence-corrected chi connectivity index (χ1v) is 7.23. The van der Waals surface area contributed by atoms with E-state index in [9.17, 15) is 4.79 Å². The standard InChI is InChI=1S/C18H22N2O2/c1-18(2,3)22-17(21)14-9-10-19-16(12-14)13-7-6-8-15(11-13)20(4)5/h6-12H,1-5H3. The van der Waals surface area contributed by atoms with E-state index in [0.29, 0.717) is 5.56 Å². The summed E-state index contributed by atoms with van der Waals surface area (Å²) in [6, 6.07) is 11.5. The van der Waals surface area contributed by atoms with E-state index >= 15 is 0 Å². The summed E-state index contributed by atoms with van der Waals surface area (Å²) in [6.07, 6.45) is 1.64. The fourth-order valence-corrected chi connectivity index (χ4v) is 2.00. The van der Waals surface area contributed by atoms with Crippen LogP contribution < -0.4 is 4.90 Å². The lowest BCUT2D eigenvalue weighted by molar-refractivity contribution is 0.00694. The van der Waals surface area contributed by atoms with Gasteiger partial charge in [0.15, 0.2) is 0 Å². The van der Waals surface area contributed by atoms with E-state index in [-0.39, 0.29) is 5.97 Å². The lowest BCUT2D eigenvalue weighted by Gasteiger charge is -2.19. The number of esters is 1. The summed E-state index contributed by atoms with van der Waals surface area (Å²) in [7, 11) is 3.98. The smallest absolute Gasteiger partial charge is 0.338 e. The molecule has 1 aromatic carbocycles. The number of hydrogen-bond acceptors (Lipinski definition) is 4. The molecule has 1 heterocycles. The molecule has 22 heavy (non-hydrogen) atoms. The van der Waals surface area contributed by atoms with Crippen LogP contribution in [0, 0.1) is 0 Å². The number of aromatic nitrogens is 1. The molecule has 2 aromatic rings. The molecule has 0 saturated heterocycles. The molecule has 0 aliphatic heterocycles. The van der Waals surface area contributed by atoms with Crippen molar-refractivity contribution in [1.82, 2.24) is 4.98 Å². The number of carbonyl (C=O) groups excluding carboxylic acids is 1. The van der Waals surface area contributed by atoms with Crippen LogP contribution in [0.1, 0.15) is 31.1 Å². The molecule has 0 unspecified atom stereocenters. The zero-order valence-corrected chi connectivity index (χ0v) is 13.8. The zero-order valence-electron chi connectivity index (χ0n) is 13.8. The van der Waals surface area contributed by atoms with Crippen molar-refractivity contribution in [3.8, 4) is 11.3 Å². The van der Waals surface area contributed by atoms with E-state index in [4.69, 9.17) is 4.74 Å². The fraction of sp³-hybridized carbons (Fsp3) is 0.333. The summed E-state index contributed by atoms with van der Waals surface area (Å²) in [5, 5.41) is 0. The van der Waals surface area contributed by atoms with Crippen molar-refractivity contribution < 1.29 is 9.53 Å². The molecule has 4 heteroatoms. The summed E-state index contributed by atoms with van der Waals surface area (Å²) in [4.78, 5) is 18.6. The Hall–Kier alpha value is -2.36. The summed E-state index contributed by atoms with van der Waals surface area (Å²) >= 11 is 0. The molecule has 0 fully saturated rings. The van der Waals surface area contributed by atoms with Crippen LogP contribution in [0.5, 0.6) is 0 Å². The minimum atomic E-state index is -0.509. The molecule has 0 bridgehead atoms. The first kappa shape index (κ1) is 16.0. The third kappa shape index (κ3) is 4.07. The van der Waals surface area contributed by atoms with Crippen LogP contribution in [0.2, 0.25) is 0 Å². The average molecular weight is 298 g/mol. The van der Waals surface area contributed by atoms with Crippen molar-refractivity contribution in [3.05, 3.63) is 48.2 Å². The highest BCUT2D eigenvalue weighted by molar-refractivity contribution is 5.90. The molecule has 2 rings (SSSR count). The average Bonchev–Trinajstić information content (AvgIpc) is 2.46. The van der Waals surface area contributed by atoms with E-state index in [1.165, 1.54) is 0 Å². The fourth-order valence-electron chi connectivity index (χ4n) is 2.00. The molecule has 0 aliphatic rings. The number of anilines is 1. The maximum absolute atomic E-state index is 12.2. The van der Waals surface area contributed by atoms with Gasteiger partial charge in [0.25, 0.3) is 0 Å². The Balaban J connectivity index is 2.32. The van der Waals surface area contributed by atoms with E-state index in [1.54, 1.807) is 18.3 Å². The van der Waals surface area contributed by atoms with Crippen molar-refractivity contribution in [1.29, 1.82) is 0 Å². The molecule has 0 aliphatic carbocycles. The predicted molar refractivity (Wildman–Crippen MR) is 89.2 cm³/mol. The molecule has 0 saturated carbocycles. The van der Waals surface area contributed by atoms with Gasteiger partial charge >= 0.3 is 5.97 Å². The molecule has 0 amide bonds. The van der Waals surface area contributed by atoms with Crippen molar-refractivity contribution in [2.24, 2.45) is 0 Å². The second kappa shape index (κ2) is 6.18. The Morgan fingerprint density at radius 2 is 1.86 bits per heavy atom. The van der Waals surface area contributed by atoms with Crippen molar-refractivity contribution in [3.63, 3.8) is 0 Å². The molecule has 4 nitrogen and oxygen atoms in total. The van der Waals surface area contributed by atoms with Gasteiger partial charge in [-0.1, -0.05) is 12.1 Å². The van der Waals surface area contributed by atoms with Crippen LogP contribution in [0.15, 0.2) is 42.6 Å². The molecule has 0 atom stereocenters. The largest absolute Gasteiger partial charge is 0.456 e. The van der Waals surface area contributed by atoms with Gasteiger partial charge in [0, 0.05) is 31.5 Å². The highest BCUT2D eigenvalue weighted by Crippen LogP contribution is 2.23. The Bertz CT molecular complexity index is 673. The van der Waals surface area contributed by atoms with Gasteiger partial charge in [-0.2, -0.15) is 0 Å². The Morgan fingerprint density at radius 3 is 2.50 bits per heavy atom. The van der Waals surface area contributed by atoms with Crippen LogP contribution in [0.3, 0.4) is 0 Å². The van der Waals surface area contributed by atoms with Gasteiger partial charge in [-0.05, 0) is 45.0 Å². The second-order valence-corrected chi connectivity index (χ2v) is 6.38. The summed E-state index contributed by atoms with van der Waals surface area (Å²) in [5.74, 6) is -0.333. The molecular weight excluding hydrogens is 276 g/mol. The van der Waals surface area contributed by atoms with Crippen LogP contribution in [0.4, 0.5) is 5.69 Å². The molecule has 0 N–H and O–H groups in total. The molecular formula is C18H22N2O2. The second-order valence-electron chi connectivity index (χ2n) is 6.38. The third-order valence-corrected chi connectivity index (χ3v) is 3.05. The summed E-state index contributed by atoms with van der Waals surface area (Å²) in [5.41, 5.74) is 2.81. The SMILES string of the molecule is CN(C)c1cccc(-c2cc(C(=O)OC(C)(C)C)ccn2)c1. The number of hydrogen-bond donors (Lipinski definition) is 0. The van der Waals surface area contributed by atoms with Gasteiger partial charge in [-0.25, -0.2) is 4.79 Å². The van der Waals surface area contributed by atoms with Gasteiger partial charge < -0.3 is 9.64 Å². The number of benzene rings is 1. The van der Waals surface area contributed by atoms with Gasteiger partial charge in [-0.3, -0.25) is 4.98 Å². The number of pyridine rings is 1. The molecule has 1 aromatic heterocycles. The maximum atomic E-state index is 12.2. The number of carbonyl (C=O) groups is 1. The Labute approximate surface area is 131 Å². The Kier molecular flexibility index (Phi) is 4.50. The number of rotatable bonds is 3. The first-order valence-electron chi connectivity index (χ1n) is 7.23. The highest BCUT2D eigenvalue weighted by atomic mass is 16.6. The molecule has 0 radical (unpaired) electrons. The highest BCUT2D eigenvalue weighted by Gasteiger charge is 2.18.